The molecule has 4 nitrogen and oxygen atoms in total. The Kier molecular flexibility index (Phi) is 4.15. The fraction of sp³-hybridized carbons (Fsp3) is 0.462. The second-order valence-electron chi connectivity index (χ2n) is 4.46. The van der Waals surface area contributed by atoms with Crippen molar-refractivity contribution in [2.75, 3.05) is 13.2 Å². The first-order valence-electron chi connectivity index (χ1n) is 6.09. The van der Waals surface area contributed by atoms with Crippen LogP contribution in [0.15, 0.2) is 18.2 Å². The summed E-state index contributed by atoms with van der Waals surface area (Å²) in [5.41, 5.74) is 6.19. The van der Waals surface area contributed by atoms with Crippen molar-refractivity contribution in [1.82, 2.24) is 5.32 Å². The van der Waals surface area contributed by atoms with Crippen molar-refractivity contribution in [2.45, 2.75) is 25.3 Å². The molecule has 1 aliphatic carbocycles. The van der Waals surface area contributed by atoms with Gasteiger partial charge in [-0.15, -0.1) is 0 Å². The molecule has 0 heterocycles. The van der Waals surface area contributed by atoms with Crippen molar-refractivity contribution in [3.63, 3.8) is 0 Å². The molecule has 2 rings (SSSR count). The van der Waals surface area contributed by atoms with Crippen LogP contribution in [0.5, 0.6) is 5.75 Å². The normalized spacial score (nSPS) is 14.3. The van der Waals surface area contributed by atoms with Crippen molar-refractivity contribution >= 4 is 5.91 Å². The van der Waals surface area contributed by atoms with Gasteiger partial charge in [-0.3, -0.25) is 4.79 Å². The summed E-state index contributed by atoms with van der Waals surface area (Å²) in [4.78, 5) is 11.4. The van der Waals surface area contributed by atoms with Gasteiger partial charge in [-0.05, 0) is 43.5 Å². The molecule has 0 spiro atoms. The number of carbonyl (C=O) groups is 1. The van der Waals surface area contributed by atoms with E-state index in [1.165, 1.54) is 12.1 Å². The monoisotopic (exact) mass is 252 g/mol. The van der Waals surface area contributed by atoms with E-state index >= 15 is 0 Å². The van der Waals surface area contributed by atoms with Crippen LogP contribution >= 0.6 is 0 Å². The van der Waals surface area contributed by atoms with Crippen LogP contribution in [0.1, 0.15) is 18.4 Å². The van der Waals surface area contributed by atoms with Gasteiger partial charge in [0.05, 0.1) is 0 Å². The van der Waals surface area contributed by atoms with Gasteiger partial charge in [0.1, 0.15) is 11.6 Å². The first kappa shape index (κ1) is 12.8. The molecule has 1 saturated carbocycles. The Morgan fingerprint density at radius 3 is 2.89 bits per heavy atom. The van der Waals surface area contributed by atoms with Crippen LogP contribution in [0.4, 0.5) is 4.39 Å². The molecule has 3 N–H and O–H groups in total. The molecule has 1 fully saturated rings. The molecule has 0 bridgehead atoms. The van der Waals surface area contributed by atoms with Crippen LogP contribution in [0, 0.1) is 5.82 Å². The van der Waals surface area contributed by atoms with Gasteiger partial charge in [0, 0.05) is 12.1 Å². The molecule has 18 heavy (non-hydrogen) atoms. The molecule has 0 unspecified atom stereocenters. The summed E-state index contributed by atoms with van der Waals surface area (Å²) in [5.74, 6) is -0.176. The van der Waals surface area contributed by atoms with Gasteiger partial charge in [-0.25, -0.2) is 4.39 Å². The second kappa shape index (κ2) is 5.82. The van der Waals surface area contributed by atoms with Gasteiger partial charge in [-0.1, -0.05) is 0 Å². The highest BCUT2D eigenvalue weighted by Gasteiger charge is 2.23. The molecule has 0 saturated heterocycles. The molecule has 5 heteroatoms. The number of nitrogens with one attached hydrogen (secondary N) is 1. The van der Waals surface area contributed by atoms with Gasteiger partial charge in [0.2, 0.25) is 0 Å². The van der Waals surface area contributed by atoms with E-state index in [2.05, 4.69) is 5.32 Å². The van der Waals surface area contributed by atoms with Crippen molar-refractivity contribution in [3.8, 4) is 5.75 Å². The van der Waals surface area contributed by atoms with E-state index in [-0.39, 0.29) is 18.3 Å². The van der Waals surface area contributed by atoms with E-state index < -0.39 is 0 Å². The second-order valence-corrected chi connectivity index (χ2v) is 4.46. The Labute approximate surface area is 105 Å². The van der Waals surface area contributed by atoms with Crippen LogP contribution in [0.2, 0.25) is 0 Å². The van der Waals surface area contributed by atoms with E-state index in [0.717, 1.165) is 18.4 Å². The summed E-state index contributed by atoms with van der Waals surface area (Å²) in [6.45, 7) is 0.368. The highest BCUT2D eigenvalue weighted by Crippen LogP contribution is 2.19. The minimum Gasteiger partial charge on any atom is -0.484 e. The molecule has 1 aliphatic rings. The molecule has 0 aliphatic heterocycles. The third-order valence-corrected chi connectivity index (χ3v) is 2.68. The number of benzene rings is 1. The third kappa shape index (κ3) is 4.00. The SMILES string of the molecule is NCCc1cc(F)cc(OCC(=O)NC2CC2)c1. The van der Waals surface area contributed by atoms with Crippen LogP contribution in [-0.4, -0.2) is 25.1 Å². The first-order valence-corrected chi connectivity index (χ1v) is 6.09. The summed E-state index contributed by atoms with van der Waals surface area (Å²) in [5, 5.41) is 2.80. The number of nitrogens with two attached hydrogens (primary N) is 1. The van der Waals surface area contributed by atoms with Crippen molar-refractivity contribution in [1.29, 1.82) is 0 Å². The molecule has 0 aromatic heterocycles. The zero-order valence-electron chi connectivity index (χ0n) is 10.1. The Bertz CT molecular complexity index is 433. The van der Waals surface area contributed by atoms with E-state index in [4.69, 9.17) is 10.5 Å². The van der Waals surface area contributed by atoms with Gasteiger partial charge in [0.25, 0.3) is 5.91 Å². The smallest absolute Gasteiger partial charge is 0.258 e. The summed E-state index contributed by atoms with van der Waals surface area (Å²) in [7, 11) is 0. The standard InChI is InChI=1S/C13H17FN2O2/c14-10-5-9(3-4-15)6-12(7-10)18-8-13(17)16-11-1-2-11/h5-7,11H,1-4,8,15H2,(H,16,17). The van der Waals surface area contributed by atoms with E-state index in [0.29, 0.717) is 24.8 Å². The largest absolute Gasteiger partial charge is 0.484 e. The van der Waals surface area contributed by atoms with E-state index in [9.17, 15) is 9.18 Å². The van der Waals surface area contributed by atoms with Crippen LogP contribution < -0.4 is 15.8 Å². The lowest BCUT2D eigenvalue weighted by Crippen LogP contribution is -2.30. The first-order chi connectivity index (χ1) is 8.67. The van der Waals surface area contributed by atoms with Gasteiger partial charge in [0.15, 0.2) is 6.61 Å². The average Bonchev–Trinajstić information content (AvgIpc) is 3.10. The maximum Gasteiger partial charge on any atom is 0.258 e. The summed E-state index contributed by atoms with van der Waals surface area (Å²) in [6.07, 6.45) is 2.65. The Morgan fingerprint density at radius 2 is 2.22 bits per heavy atom. The van der Waals surface area contributed by atoms with Crippen LogP contribution in [-0.2, 0) is 11.2 Å². The quantitative estimate of drug-likeness (QED) is 0.793. The Balaban J connectivity index is 1.88. The topological polar surface area (TPSA) is 64.3 Å². The fourth-order valence-corrected chi connectivity index (χ4v) is 1.66. The van der Waals surface area contributed by atoms with Crippen molar-refractivity contribution < 1.29 is 13.9 Å². The maximum absolute atomic E-state index is 13.3. The molecule has 98 valence electrons. The van der Waals surface area contributed by atoms with E-state index in [1.807, 2.05) is 0 Å². The number of halogens is 1. The van der Waals surface area contributed by atoms with Gasteiger partial charge in [-0.2, -0.15) is 0 Å². The molecule has 0 atom stereocenters. The minimum absolute atomic E-state index is 0.0813. The molecular formula is C13H17FN2O2. The molecule has 1 aromatic rings. The Hall–Kier alpha value is -1.62. The van der Waals surface area contributed by atoms with Gasteiger partial charge < -0.3 is 15.8 Å². The Morgan fingerprint density at radius 1 is 1.44 bits per heavy atom. The number of hydrogen-bond acceptors (Lipinski definition) is 3. The third-order valence-electron chi connectivity index (χ3n) is 2.68. The summed E-state index contributed by atoms with van der Waals surface area (Å²) < 4.78 is 18.5. The van der Waals surface area contributed by atoms with Crippen molar-refractivity contribution in [2.24, 2.45) is 5.73 Å². The lowest BCUT2D eigenvalue weighted by Gasteiger charge is -2.08. The van der Waals surface area contributed by atoms with Crippen LogP contribution in [0.25, 0.3) is 0 Å². The number of rotatable bonds is 6. The number of carbonyl (C=O) groups excluding carboxylic acids is 1. The zero-order chi connectivity index (χ0) is 13.0. The number of ether oxygens (including phenoxy) is 1. The number of hydrogen-bond donors (Lipinski definition) is 2. The maximum atomic E-state index is 13.3. The highest BCUT2D eigenvalue weighted by atomic mass is 19.1. The van der Waals surface area contributed by atoms with E-state index in [1.54, 1.807) is 6.07 Å². The van der Waals surface area contributed by atoms with Crippen LogP contribution in [0.3, 0.4) is 0 Å². The lowest BCUT2D eigenvalue weighted by molar-refractivity contribution is -0.123. The minimum atomic E-state index is -0.376. The number of amides is 1. The summed E-state index contributed by atoms with van der Waals surface area (Å²) in [6, 6.07) is 4.70. The van der Waals surface area contributed by atoms with Crippen molar-refractivity contribution in [3.05, 3.63) is 29.6 Å². The molecule has 1 aromatic carbocycles. The highest BCUT2D eigenvalue weighted by molar-refractivity contribution is 5.78. The van der Waals surface area contributed by atoms with Gasteiger partial charge >= 0.3 is 0 Å². The predicted octanol–water partition coefficient (Wildman–Crippen LogP) is 0.984. The molecule has 0 radical (unpaired) electrons. The summed E-state index contributed by atoms with van der Waals surface area (Å²) >= 11 is 0. The lowest BCUT2D eigenvalue weighted by atomic mass is 10.1. The average molecular weight is 252 g/mol. The predicted molar refractivity (Wildman–Crippen MR) is 65.8 cm³/mol. The molecular weight excluding hydrogens is 235 g/mol. The fourth-order valence-electron chi connectivity index (χ4n) is 1.66. The molecule has 1 amide bonds. The zero-order valence-corrected chi connectivity index (χ0v) is 10.1.